The molecule has 0 aliphatic carbocycles. The van der Waals surface area contributed by atoms with Gasteiger partial charge in [0, 0.05) is 25.2 Å². The lowest BCUT2D eigenvalue weighted by atomic mass is 9.96. The maximum Gasteiger partial charge on any atom is 0.236 e. The summed E-state index contributed by atoms with van der Waals surface area (Å²) >= 11 is 0. The highest BCUT2D eigenvalue weighted by Gasteiger charge is 2.31. The second kappa shape index (κ2) is 7.22. The molecule has 2 fully saturated rings. The summed E-state index contributed by atoms with van der Waals surface area (Å²) in [5, 5.41) is 0. The van der Waals surface area contributed by atoms with E-state index < -0.39 is 0 Å². The molecule has 2 amide bonds. The Labute approximate surface area is 126 Å². The SMILES string of the molecule is CC(N)C1CCCCN1CC(=O)N1CCCC(C(N)=O)C1. The zero-order valence-electron chi connectivity index (χ0n) is 13.0. The van der Waals surface area contributed by atoms with Crippen LogP contribution in [-0.2, 0) is 9.59 Å². The van der Waals surface area contributed by atoms with Gasteiger partial charge in [-0.1, -0.05) is 6.42 Å². The Morgan fingerprint density at radius 3 is 2.62 bits per heavy atom. The number of rotatable bonds is 4. The van der Waals surface area contributed by atoms with Gasteiger partial charge in [0.15, 0.2) is 0 Å². The summed E-state index contributed by atoms with van der Waals surface area (Å²) in [5.41, 5.74) is 11.4. The van der Waals surface area contributed by atoms with Crippen LogP contribution in [0.5, 0.6) is 0 Å². The van der Waals surface area contributed by atoms with Crippen LogP contribution in [0.25, 0.3) is 0 Å². The third-order valence-corrected chi connectivity index (χ3v) is 4.79. The van der Waals surface area contributed by atoms with Gasteiger partial charge < -0.3 is 16.4 Å². The van der Waals surface area contributed by atoms with E-state index in [1.54, 1.807) is 4.90 Å². The quantitative estimate of drug-likeness (QED) is 0.758. The molecule has 3 unspecified atom stereocenters. The first kappa shape index (κ1) is 16.2. The molecule has 3 atom stereocenters. The Bertz CT molecular complexity index is 386. The van der Waals surface area contributed by atoms with E-state index in [0.717, 1.165) is 38.8 Å². The zero-order valence-corrected chi connectivity index (χ0v) is 13.0. The molecule has 0 aromatic heterocycles. The van der Waals surface area contributed by atoms with E-state index in [4.69, 9.17) is 11.5 Å². The van der Waals surface area contributed by atoms with Crippen LogP contribution in [-0.4, -0.2) is 59.9 Å². The lowest BCUT2D eigenvalue weighted by molar-refractivity contribution is -0.136. The summed E-state index contributed by atoms with van der Waals surface area (Å²) in [6.45, 7) is 4.57. The van der Waals surface area contributed by atoms with Gasteiger partial charge in [0.05, 0.1) is 12.5 Å². The van der Waals surface area contributed by atoms with Crippen molar-refractivity contribution < 1.29 is 9.59 Å². The van der Waals surface area contributed by atoms with Gasteiger partial charge >= 0.3 is 0 Å². The molecule has 2 rings (SSSR count). The first-order valence-electron chi connectivity index (χ1n) is 8.05. The van der Waals surface area contributed by atoms with E-state index in [0.29, 0.717) is 19.1 Å². The molecule has 2 heterocycles. The van der Waals surface area contributed by atoms with Gasteiger partial charge in [-0.2, -0.15) is 0 Å². The Morgan fingerprint density at radius 1 is 1.19 bits per heavy atom. The van der Waals surface area contributed by atoms with Crippen molar-refractivity contribution in [1.29, 1.82) is 0 Å². The molecule has 0 radical (unpaired) electrons. The van der Waals surface area contributed by atoms with Gasteiger partial charge in [0.25, 0.3) is 0 Å². The van der Waals surface area contributed by atoms with Crippen LogP contribution < -0.4 is 11.5 Å². The van der Waals surface area contributed by atoms with Crippen molar-refractivity contribution in [2.24, 2.45) is 17.4 Å². The predicted octanol–water partition coefficient (Wildman–Crippen LogP) is -0.0880. The van der Waals surface area contributed by atoms with Crippen molar-refractivity contribution in [3.63, 3.8) is 0 Å². The molecule has 2 aliphatic heterocycles. The maximum absolute atomic E-state index is 12.5. The van der Waals surface area contributed by atoms with Gasteiger partial charge in [-0.3, -0.25) is 14.5 Å². The number of hydrogen-bond acceptors (Lipinski definition) is 4. The molecule has 120 valence electrons. The maximum atomic E-state index is 12.5. The Morgan fingerprint density at radius 2 is 1.95 bits per heavy atom. The summed E-state index contributed by atoms with van der Waals surface area (Å²) in [5.74, 6) is -0.374. The van der Waals surface area contributed by atoms with Gasteiger partial charge in [-0.15, -0.1) is 0 Å². The minimum absolute atomic E-state index is 0.0813. The second-order valence-corrected chi connectivity index (χ2v) is 6.47. The van der Waals surface area contributed by atoms with Crippen molar-refractivity contribution in [1.82, 2.24) is 9.80 Å². The number of piperidine rings is 2. The third kappa shape index (κ3) is 4.17. The first-order chi connectivity index (χ1) is 9.99. The van der Waals surface area contributed by atoms with E-state index in [1.165, 1.54) is 6.42 Å². The average Bonchev–Trinajstić information content (AvgIpc) is 2.47. The van der Waals surface area contributed by atoms with E-state index in [1.807, 2.05) is 6.92 Å². The number of amides is 2. The minimum atomic E-state index is -0.293. The molecule has 6 nitrogen and oxygen atoms in total. The Hall–Kier alpha value is -1.14. The highest BCUT2D eigenvalue weighted by molar-refractivity contribution is 5.81. The summed E-state index contributed by atoms with van der Waals surface area (Å²) in [7, 11) is 0. The topological polar surface area (TPSA) is 92.7 Å². The number of primary amides is 1. The summed E-state index contributed by atoms with van der Waals surface area (Å²) < 4.78 is 0. The highest BCUT2D eigenvalue weighted by Crippen LogP contribution is 2.20. The Kier molecular flexibility index (Phi) is 5.58. The molecule has 0 saturated carbocycles. The number of nitrogens with zero attached hydrogens (tertiary/aromatic N) is 2. The van der Waals surface area contributed by atoms with Crippen LogP contribution in [0.15, 0.2) is 0 Å². The second-order valence-electron chi connectivity index (χ2n) is 6.47. The van der Waals surface area contributed by atoms with Gasteiger partial charge in [0.1, 0.15) is 0 Å². The monoisotopic (exact) mass is 296 g/mol. The van der Waals surface area contributed by atoms with E-state index in [9.17, 15) is 9.59 Å². The molecule has 6 heteroatoms. The molecule has 0 spiro atoms. The molecule has 0 bridgehead atoms. The molecule has 2 saturated heterocycles. The van der Waals surface area contributed by atoms with Gasteiger partial charge in [0.2, 0.25) is 11.8 Å². The third-order valence-electron chi connectivity index (χ3n) is 4.79. The number of carbonyl (C=O) groups is 2. The zero-order chi connectivity index (χ0) is 15.4. The van der Waals surface area contributed by atoms with Crippen LogP contribution in [0.3, 0.4) is 0 Å². The summed E-state index contributed by atoms with van der Waals surface area (Å²) in [6.07, 6.45) is 5.03. The van der Waals surface area contributed by atoms with E-state index >= 15 is 0 Å². The van der Waals surface area contributed by atoms with Gasteiger partial charge in [-0.25, -0.2) is 0 Å². The molecule has 0 aromatic carbocycles. The number of carbonyl (C=O) groups excluding carboxylic acids is 2. The minimum Gasteiger partial charge on any atom is -0.369 e. The van der Waals surface area contributed by atoms with Crippen molar-refractivity contribution in [2.45, 2.75) is 51.1 Å². The number of likely N-dealkylation sites (tertiary alicyclic amines) is 2. The first-order valence-corrected chi connectivity index (χ1v) is 8.05. The van der Waals surface area contributed by atoms with Crippen LogP contribution in [0.1, 0.15) is 39.0 Å². The Balaban J connectivity index is 1.92. The fourth-order valence-electron chi connectivity index (χ4n) is 3.52. The predicted molar refractivity (Wildman–Crippen MR) is 81.4 cm³/mol. The molecule has 2 aliphatic rings. The average molecular weight is 296 g/mol. The fourth-order valence-corrected chi connectivity index (χ4v) is 3.52. The molecule has 21 heavy (non-hydrogen) atoms. The molecule has 0 aromatic rings. The standard InChI is InChI=1S/C15H28N4O2/c1-11(16)13-6-2-3-7-18(13)10-14(20)19-8-4-5-12(9-19)15(17)21/h11-13H,2-10,16H2,1H3,(H2,17,21). The molecular formula is C15H28N4O2. The van der Waals surface area contributed by atoms with E-state index in [-0.39, 0.29) is 23.8 Å². The van der Waals surface area contributed by atoms with Crippen molar-refractivity contribution in [3.8, 4) is 0 Å². The normalized spacial score (nSPS) is 29.1. The van der Waals surface area contributed by atoms with Crippen LogP contribution in [0.2, 0.25) is 0 Å². The largest absolute Gasteiger partial charge is 0.369 e. The van der Waals surface area contributed by atoms with Crippen LogP contribution >= 0.6 is 0 Å². The smallest absolute Gasteiger partial charge is 0.236 e. The summed E-state index contributed by atoms with van der Waals surface area (Å²) in [6, 6.07) is 0.372. The van der Waals surface area contributed by atoms with Crippen LogP contribution in [0.4, 0.5) is 0 Å². The van der Waals surface area contributed by atoms with Crippen LogP contribution in [0, 0.1) is 5.92 Å². The van der Waals surface area contributed by atoms with Gasteiger partial charge in [-0.05, 0) is 39.2 Å². The van der Waals surface area contributed by atoms with Crippen molar-refractivity contribution >= 4 is 11.8 Å². The fraction of sp³-hybridized carbons (Fsp3) is 0.867. The number of hydrogen-bond donors (Lipinski definition) is 2. The number of nitrogens with two attached hydrogens (primary N) is 2. The lowest BCUT2D eigenvalue weighted by Gasteiger charge is -2.39. The van der Waals surface area contributed by atoms with Crippen molar-refractivity contribution in [3.05, 3.63) is 0 Å². The van der Waals surface area contributed by atoms with Crippen molar-refractivity contribution in [2.75, 3.05) is 26.2 Å². The highest BCUT2D eigenvalue weighted by atomic mass is 16.2. The molecular weight excluding hydrogens is 268 g/mol. The summed E-state index contributed by atoms with van der Waals surface area (Å²) in [4.78, 5) is 27.8. The molecule has 4 N–H and O–H groups in total. The lowest BCUT2D eigenvalue weighted by Crippen LogP contribution is -2.54. The van der Waals surface area contributed by atoms with E-state index in [2.05, 4.69) is 4.90 Å².